The molecule has 1 N–H and O–H groups in total. The van der Waals surface area contributed by atoms with E-state index in [4.69, 9.17) is 11.6 Å². The summed E-state index contributed by atoms with van der Waals surface area (Å²) in [5, 5.41) is 10.4. The van der Waals surface area contributed by atoms with Gasteiger partial charge in [0.05, 0.1) is 6.10 Å². The van der Waals surface area contributed by atoms with E-state index in [1.807, 2.05) is 24.3 Å². The van der Waals surface area contributed by atoms with Crippen LogP contribution in [0.2, 0.25) is 5.02 Å². The summed E-state index contributed by atoms with van der Waals surface area (Å²) in [6, 6.07) is 7.43. The number of aliphatic hydroxyl groups excluding tert-OH is 1. The van der Waals surface area contributed by atoms with E-state index >= 15 is 0 Å². The second-order valence-electron chi connectivity index (χ2n) is 4.39. The van der Waals surface area contributed by atoms with Crippen molar-refractivity contribution < 1.29 is 5.11 Å². The Bertz CT molecular complexity index is 298. The lowest BCUT2D eigenvalue weighted by molar-refractivity contribution is 0.154. The molecule has 2 heteroatoms. The Labute approximate surface area is 96.1 Å². The van der Waals surface area contributed by atoms with Crippen molar-refractivity contribution in [3.8, 4) is 0 Å². The maximum absolute atomic E-state index is 9.71. The fourth-order valence-corrected chi connectivity index (χ4v) is 1.47. The van der Waals surface area contributed by atoms with Crippen molar-refractivity contribution in [2.75, 3.05) is 0 Å². The van der Waals surface area contributed by atoms with Crippen LogP contribution in [0.1, 0.15) is 43.8 Å². The Morgan fingerprint density at radius 3 is 2.00 bits per heavy atom. The molecule has 0 heterocycles. The summed E-state index contributed by atoms with van der Waals surface area (Å²) < 4.78 is 0. The minimum absolute atomic E-state index is 0.276. The quantitative estimate of drug-likeness (QED) is 0.807. The van der Waals surface area contributed by atoms with E-state index in [0.717, 1.165) is 23.4 Å². The zero-order valence-electron chi connectivity index (χ0n) is 8.82. The maximum atomic E-state index is 9.71. The number of rotatable bonds is 2. The molecule has 0 aromatic heterocycles. The van der Waals surface area contributed by atoms with Gasteiger partial charge in [0.2, 0.25) is 0 Å². The lowest BCUT2D eigenvalue weighted by Gasteiger charge is -2.08. The number of hydrogen-bond donors (Lipinski definition) is 1. The second kappa shape index (κ2) is 5.00. The summed E-state index contributed by atoms with van der Waals surface area (Å²) in [7, 11) is 0. The van der Waals surface area contributed by atoms with Crippen molar-refractivity contribution in [2.24, 2.45) is 5.92 Å². The van der Waals surface area contributed by atoms with Gasteiger partial charge in [-0.3, -0.25) is 0 Å². The van der Waals surface area contributed by atoms with Gasteiger partial charge in [-0.15, -0.1) is 0 Å². The van der Waals surface area contributed by atoms with Crippen molar-refractivity contribution >= 4 is 11.6 Å². The molecule has 82 valence electrons. The van der Waals surface area contributed by atoms with Crippen LogP contribution in [-0.2, 0) is 0 Å². The number of aliphatic hydroxyl groups is 1. The first-order valence-corrected chi connectivity index (χ1v) is 6.09. The average Bonchev–Trinajstić information content (AvgIpc) is 3.08. The molecule has 2 aliphatic rings. The van der Waals surface area contributed by atoms with E-state index in [2.05, 4.69) is 0 Å². The van der Waals surface area contributed by atoms with E-state index in [-0.39, 0.29) is 6.10 Å². The summed E-state index contributed by atoms with van der Waals surface area (Å²) in [5.74, 6) is 0.492. The van der Waals surface area contributed by atoms with Crippen LogP contribution in [0.25, 0.3) is 0 Å². The molecule has 2 saturated carbocycles. The second-order valence-corrected chi connectivity index (χ2v) is 4.83. The third-order valence-electron chi connectivity index (χ3n) is 2.63. The normalized spacial score (nSPS) is 20.1. The highest BCUT2D eigenvalue weighted by Crippen LogP contribution is 2.40. The zero-order chi connectivity index (χ0) is 10.7. The molecule has 0 bridgehead atoms. The molecule has 2 aliphatic carbocycles. The van der Waals surface area contributed by atoms with Gasteiger partial charge in [-0.25, -0.2) is 0 Å². The van der Waals surface area contributed by atoms with E-state index in [9.17, 15) is 5.11 Å². The van der Waals surface area contributed by atoms with Crippen LogP contribution in [0, 0.1) is 5.92 Å². The van der Waals surface area contributed by atoms with Crippen LogP contribution in [0.4, 0.5) is 0 Å². The number of benzene rings is 1. The summed E-state index contributed by atoms with van der Waals surface area (Å²) in [6.07, 6.45) is 6.54. The van der Waals surface area contributed by atoms with Crippen LogP contribution >= 0.6 is 11.6 Å². The zero-order valence-corrected chi connectivity index (χ0v) is 9.58. The largest absolute Gasteiger partial charge is 0.388 e. The molecular formula is C13H17ClO. The van der Waals surface area contributed by atoms with E-state index in [1.165, 1.54) is 19.3 Å². The number of halogens is 1. The Morgan fingerprint density at radius 1 is 1.07 bits per heavy atom. The summed E-state index contributed by atoms with van der Waals surface area (Å²) in [6.45, 7) is 0. The monoisotopic (exact) mass is 224 g/mol. The average molecular weight is 225 g/mol. The number of hydrogen-bond acceptors (Lipinski definition) is 1. The fraction of sp³-hybridized carbons (Fsp3) is 0.538. The standard InChI is InChI=1S/C10H11ClO.C3H6/c11-9-5-3-8(4-6-9)10(12)7-1-2-7;1-2-3-1/h3-7,10,12H,1-2H2;1-3H2. The highest BCUT2D eigenvalue weighted by molar-refractivity contribution is 6.30. The van der Waals surface area contributed by atoms with Crippen molar-refractivity contribution in [1.29, 1.82) is 0 Å². The van der Waals surface area contributed by atoms with Crippen molar-refractivity contribution in [3.63, 3.8) is 0 Å². The van der Waals surface area contributed by atoms with Gasteiger partial charge in [0.15, 0.2) is 0 Å². The van der Waals surface area contributed by atoms with Crippen molar-refractivity contribution in [1.82, 2.24) is 0 Å². The summed E-state index contributed by atoms with van der Waals surface area (Å²) >= 11 is 5.73. The van der Waals surface area contributed by atoms with Crippen LogP contribution in [-0.4, -0.2) is 5.11 Å². The van der Waals surface area contributed by atoms with Gasteiger partial charge in [-0.2, -0.15) is 0 Å². The third-order valence-corrected chi connectivity index (χ3v) is 2.89. The van der Waals surface area contributed by atoms with Gasteiger partial charge in [-0.1, -0.05) is 43.0 Å². The molecule has 0 amide bonds. The van der Waals surface area contributed by atoms with Crippen LogP contribution in [0.3, 0.4) is 0 Å². The summed E-state index contributed by atoms with van der Waals surface area (Å²) in [5.41, 5.74) is 0.988. The minimum Gasteiger partial charge on any atom is -0.388 e. The van der Waals surface area contributed by atoms with E-state index in [1.54, 1.807) is 0 Å². The van der Waals surface area contributed by atoms with Crippen LogP contribution in [0.15, 0.2) is 24.3 Å². The fourth-order valence-electron chi connectivity index (χ4n) is 1.34. The van der Waals surface area contributed by atoms with Gasteiger partial charge in [0.25, 0.3) is 0 Å². The van der Waals surface area contributed by atoms with Crippen LogP contribution in [0.5, 0.6) is 0 Å². The smallest absolute Gasteiger partial charge is 0.0818 e. The SMILES string of the molecule is C1CC1.OC(c1ccc(Cl)cc1)C1CC1. The summed E-state index contributed by atoms with van der Waals surface area (Å²) in [4.78, 5) is 0. The molecule has 0 saturated heterocycles. The molecule has 2 fully saturated rings. The molecular weight excluding hydrogens is 208 g/mol. The lowest BCUT2D eigenvalue weighted by Crippen LogP contribution is -1.98. The molecule has 1 aromatic rings. The molecule has 1 atom stereocenters. The Kier molecular flexibility index (Phi) is 3.66. The van der Waals surface area contributed by atoms with Gasteiger partial charge in [0, 0.05) is 5.02 Å². The van der Waals surface area contributed by atoms with E-state index in [0.29, 0.717) is 5.92 Å². The third kappa shape index (κ3) is 3.84. The molecule has 0 spiro atoms. The van der Waals surface area contributed by atoms with Gasteiger partial charge >= 0.3 is 0 Å². The Balaban J connectivity index is 0.000000244. The first-order valence-electron chi connectivity index (χ1n) is 5.71. The first-order chi connectivity index (χ1) is 7.27. The predicted octanol–water partition coefficient (Wildman–Crippen LogP) is 3.95. The van der Waals surface area contributed by atoms with Crippen molar-refractivity contribution in [2.45, 2.75) is 38.2 Å². The molecule has 1 nitrogen and oxygen atoms in total. The molecule has 3 rings (SSSR count). The minimum atomic E-state index is -0.276. The van der Waals surface area contributed by atoms with E-state index < -0.39 is 0 Å². The molecule has 1 unspecified atom stereocenters. The lowest BCUT2D eigenvalue weighted by atomic mass is 10.1. The molecule has 15 heavy (non-hydrogen) atoms. The first kappa shape index (κ1) is 11.0. The topological polar surface area (TPSA) is 20.2 Å². The molecule has 0 radical (unpaired) electrons. The van der Waals surface area contributed by atoms with Crippen LogP contribution < -0.4 is 0 Å². The van der Waals surface area contributed by atoms with Gasteiger partial charge < -0.3 is 5.11 Å². The maximum Gasteiger partial charge on any atom is 0.0818 e. The Hall–Kier alpha value is -0.530. The predicted molar refractivity (Wildman–Crippen MR) is 63.0 cm³/mol. The molecule has 0 aliphatic heterocycles. The van der Waals surface area contributed by atoms with Gasteiger partial charge in [0.1, 0.15) is 0 Å². The van der Waals surface area contributed by atoms with Gasteiger partial charge in [-0.05, 0) is 36.5 Å². The molecule has 1 aromatic carbocycles. The highest BCUT2D eigenvalue weighted by atomic mass is 35.5. The Morgan fingerprint density at radius 2 is 1.60 bits per heavy atom. The highest BCUT2D eigenvalue weighted by Gasteiger charge is 2.30. The van der Waals surface area contributed by atoms with Crippen molar-refractivity contribution in [3.05, 3.63) is 34.9 Å².